The number of carbonyl (C=O) groups excluding carboxylic acids is 3. The topological polar surface area (TPSA) is 150 Å². The summed E-state index contributed by atoms with van der Waals surface area (Å²) in [6, 6.07) is 9.70. The van der Waals surface area contributed by atoms with E-state index in [0.29, 0.717) is 24.1 Å². The van der Waals surface area contributed by atoms with Crippen molar-refractivity contribution in [1.82, 2.24) is 0 Å². The van der Waals surface area contributed by atoms with Crippen LogP contribution < -0.4 is 15.0 Å². The number of ether oxygens (including phenoxy) is 1. The van der Waals surface area contributed by atoms with Crippen molar-refractivity contribution in [2.45, 2.75) is 18.6 Å². The fourth-order valence-corrected chi connectivity index (χ4v) is 4.04. The number of nitrogens with zero attached hydrogens (tertiary/aromatic N) is 1. The van der Waals surface area contributed by atoms with Crippen LogP contribution in [0.4, 0.5) is 16.2 Å². The summed E-state index contributed by atoms with van der Waals surface area (Å²) >= 11 is 0.671. The molecule has 1 heterocycles. The minimum absolute atomic E-state index is 0.217. The van der Waals surface area contributed by atoms with Crippen LogP contribution >= 0.6 is 11.8 Å². The second kappa shape index (κ2) is 9.52. The lowest BCUT2D eigenvalue weighted by Crippen LogP contribution is -2.33. The van der Waals surface area contributed by atoms with E-state index >= 15 is 0 Å². The number of carbonyl (C=O) groups is 5. The third kappa shape index (κ3) is 4.72. The van der Waals surface area contributed by atoms with Crippen LogP contribution in [-0.4, -0.2) is 51.1 Å². The summed E-state index contributed by atoms with van der Waals surface area (Å²) < 4.78 is 5.47. The van der Waals surface area contributed by atoms with Crippen molar-refractivity contribution in [2.24, 2.45) is 0 Å². The molecule has 0 aliphatic carbocycles. The highest BCUT2D eigenvalue weighted by atomic mass is 32.2. The first-order valence-corrected chi connectivity index (χ1v) is 10.3. The monoisotopic (exact) mass is 458 g/mol. The Hall–Kier alpha value is -3.86. The first-order chi connectivity index (χ1) is 15.2. The normalized spacial score (nSPS) is 15.5. The molecule has 1 aliphatic rings. The number of hydrogen-bond acceptors (Lipinski definition) is 7. The lowest BCUT2D eigenvalue weighted by atomic mass is 10.1. The Morgan fingerprint density at radius 1 is 1.09 bits per heavy atom. The number of benzene rings is 2. The van der Waals surface area contributed by atoms with E-state index < -0.39 is 40.7 Å². The Kier molecular flexibility index (Phi) is 6.79. The van der Waals surface area contributed by atoms with Gasteiger partial charge in [0.05, 0.1) is 29.1 Å². The molecule has 0 radical (unpaired) electrons. The average molecular weight is 458 g/mol. The summed E-state index contributed by atoms with van der Waals surface area (Å²) in [5.41, 5.74) is -0.479. The smallest absolute Gasteiger partial charge is 0.337 e. The van der Waals surface area contributed by atoms with E-state index in [1.807, 2.05) is 0 Å². The lowest BCUT2D eigenvalue weighted by Gasteiger charge is -2.17. The lowest BCUT2D eigenvalue weighted by molar-refractivity contribution is -0.121. The number of rotatable bonds is 8. The molecule has 1 unspecified atom stereocenters. The van der Waals surface area contributed by atoms with Gasteiger partial charge in [0, 0.05) is 6.42 Å². The van der Waals surface area contributed by atoms with E-state index in [2.05, 4.69) is 5.32 Å². The summed E-state index contributed by atoms with van der Waals surface area (Å²) in [6.45, 7) is 2.09. The van der Waals surface area contributed by atoms with Gasteiger partial charge in [0.1, 0.15) is 11.0 Å². The van der Waals surface area contributed by atoms with Crippen molar-refractivity contribution < 1.29 is 38.9 Å². The molecule has 0 spiro atoms. The Bertz CT molecular complexity index is 1120. The average Bonchev–Trinajstić information content (AvgIpc) is 3.01. The molecule has 1 aliphatic heterocycles. The summed E-state index contributed by atoms with van der Waals surface area (Å²) in [5.74, 6) is -3.67. The van der Waals surface area contributed by atoms with Crippen molar-refractivity contribution in [3.63, 3.8) is 0 Å². The number of carboxylic acids is 2. The number of para-hydroxylation sites is 2. The summed E-state index contributed by atoms with van der Waals surface area (Å²) in [4.78, 5) is 61.4. The second-order valence-corrected chi connectivity index (χ2v) is 7.72. The standard InChI is InChI=1S/C21H18N2O8S/c1-2-31-15-6-4-3-5-14(15)23-18(25)16(32-21(23)30)10-17(24)22-13-9-11(19(26)27)7-8-12(13)20(28)29/h3-9,16H,2,10H2,1H3,(H,22,24)(H,26,27)(H,28,29). The number of hydrogen-bond donors (Lipinski definition) is 3. The SMILES string of the molecule is CCOc1ccccc1N1C(=O)SC(CC(=O)Nc2cc(C(=O)O)ccc2C(=O)O)C1=O. The predicted molar refractivity (Wildman–Crippen MR) is 115 cm³/mol. The Labute approximate surface area is 186 Å². The highest BCUT2D eigenvalue weighted by Crippen LogP contribution is 2.38. The van der Waals surface area contributed by atoms with Crippen LogP contribution in [0.5, 0.6) is 5.75 Å². The van der Waals surface area contributed by atoms with Gasteiger partial charge in [0.15, 0.2) is 0 Å². The van der Waals surface area contributed by atoms with Crippen LogP contribution in [0, 0.1) is 0 Å². The predicted octanol–water partition coefficient (Wildman–Crippen LogP) is 3.08. The largest absolute Gasteiger partial charge is 0.492 e. The molecule has 0 bridgehead atoms. The second-order valence-electron chi connectivity index (χ2n) is 6.57. The number of carboxylic acid groups (broad SMARTS) is 2. The van der Waals surface area contributed by atoms with Crippen molar-refractivity contribution in [1.29, 1.82) is 0 Å². The molecule has 3 rings (SSSR count). The van der Waals surface area contributed by atoms with Gasteiger partial charge in [0.25, 0.3) is 5.24 Å². The molecule has 2 aromatic rings. The van der Waals surface area contributed by atoms with Crippen LogP contribution in [0.2, 0.25) is 0 Å². The molecular weight excluding hydrogens is 440 g/mol. The molecule has 0 aromatic heterocycles. The summed E-state index contributed by atoms with van der Waals surface area (Å²) in [7, 11) is 0. The van der Waals surface area contributed by atoms with E-state index in [-0.39, 0.29) is 22.5 Å². The number of nitrogens with one attached hydrogen (secondary N) is 1. The van der Waals surface area contributed by atoms with Crippen LogP contribution in [0.15, 0.2) is 42.5 Å². The minimum Gasteiger partial charge on any atom is -0.492 e. The van der Waals surface area contributed by atoms with Crippen molar-refractivity contribution in [3.8, 4) is 5.75 Å². The molecule has 10 nitrogen and oxygen atoms in total. The maximum absolute atomic E-state index is 12.9. The van der Waals surface area contributed by atoms with E-state index in [0.717, 1.165) is 23.1 Å². The van der Waals surface area contributed by atoms with Gasteiger partial charge in [-0.25, -0.2) is 14.5 Å². The highest BCUT2D eigenvalue weighted by molar-refractivity contribution is 8.15. The Morgan fingerprint density at radius 2 is 1.81 bits per heavy atom. The maximum Gasteiger partial charge on any atom is 0.337 e. The molecular formula is C21H18N2O8S. The fraction of sp³-hybridized carbons (Fsp3) is 0.190. The summed E-state index contributed by atoms with van der Waals surface area (Å²) in [5, 5.41) is 19.1. The highest BCUT2D eigenvalue weighted by Gasteiger charge is 2.42. The fourth-order valence-electron chi connectivity index (χ4n) is 3.06. The zero-order valence-corrected chi connectivity index (χ0v) is 17.5. The van der Waals surface area contributed by atoms with E-state index in [9.17, 15) is 29.1 Å². The molecule has 11 heteroatoms. The van der Waals surface area contributed by atoms with E-state index in [1.165, 1.54) is 0 Å². The first-order valence-electron chi connectivity index (χ1n) is 9.39. The van der Waals surface area contributed by atoms with Gasteiger partial charge in [-0.15, -0.1) is 0 Å². The van der Waals surface area contributed by atoms with Gasteiger partial charge in [-0.1, -0.05) is 12.1 Å². The molecule has 0 saturated carbocycles. The molecule has 3 amide bonds. The Morgan fingerprint density at radius 3 is 2.47 bits per heavy atom. The van der Waals surface area contributed by atoms with Gasteiger partial charge in [0.2, 0.25) is 11.8 Å². The van der Waals surface area contributed by atoms with Gasteiger partial charge in [-0.05, 0) is 49.0 Å². The zero-order chi connectivity index (χ0) is 23.4. The van der Waals surface area contributed by atoms with Gasteiger partial charge >= 0.3 is 11.9 Å². The number of imide groups is 1. The van der Waals surface area contributed by atoms with E-state index in [4.69, 9.17) is 9.84 Å². The number of anilines is 2. The van der Waals surface area contributed by atoms with Crippen LogP contribution in [-0.2, 0) is 9.59 Å². The van der Waals surface area contributed by atoms with Crippen molar-refractivity contribution >= 4 is 52.1 Å². The maximum atomic E-state index is 12.9. The van der Waals surface area contributed by atoms with Gasteiger partial charge in [-0.3, -0.25) is 14.4 Å². The molecule has 1 saturated heterocycles. The van der Waals surface area contributed by atoms with Gasteiger partial charge < -0.3 is 20.3 Å². The van der Waals surface area contributed by atoms with Crippen molar-refractivity contribution in [2.75, 3.05) is 16.8 Å². The quantitative estimate of drug-likeness (QED) is 0.542. The minimum atomic E-state index is -1.36. The van der Waals surface area contributed by atoms with Crippen LogP contribution in [0.1, 0.15) is 34.1 Å². The molecule has 166 valence electrons. The molecule has 1 fully saturated rings. The Balaban J connectivity index is 1.78. The molecule has 1 atom stereocenters. The van der Waals surface area contributed by atoms with Crippen LogP contribution in [0.3, 0.4) is 0 Å². The van der Waals surface area contributed by atoms with Crippen LogP contribution in [0.25, 0.3) is 0 Å². The van der Waals surface area contributed by atoms with Gasteiger partial charge in [-0.2, -0.15) is 0 Å². The third-order valence-electron chi connectivity index (χ3n) is 4.47. The molecule has 3 N–H and O–H groups in total. The number of aromatic carboxylic acids is 2. The van der Waals surface area contributed by atoms with Crippen molar-refractivity contribution in [3.05, 3.63) is 53.6 Å². The summed E-state index contributed by atoms with van der Waals surface area (Å²) in [6.07, 6.45) is -0.418. The van der Waals surface area contributed by atoms with E-state index in [1.54, 1.807) is 31.2 Å². The number of amides is 3. The molecule has 2 aromatic carbocycles. The zero-order valence-electron chi connectivity index (χ0n) is 16.7. The number of thioether (sulfide) groups is 1. The first kappa shape index (κ1) is 22.8. The third-order valence-corrected chi connectivity index (χ3v) is 5.51. The molecule has 32 heavy (non-hydrogen) atoms.